The van der Waals surface area contributed by atoms with Gasteiger partial charge in [-0.25, -0.2) is 14.4 Å². The van der Waals surface area contributed by atoms with Crippen molar-refractivity contribution in [3.05, 3.63) is 17.5 Å². The SMILES string of the molecule is CN(Cc1cc([C@@H]2CC3(CC3)[C@@H]3CN2C(=O)N3OS(=O)(=O)O)no1)C(=NC(=O)OC(C)(C)C)NC(=O)OC(C)(C)C. The van der Waals surface area contributed by atoms with E-state index in [1.165, 1.54) is 9.80 Å². The number of hydrogen-bond acceptors (Lipinski definition) is 10. The number of hydrogen-bond donors (Lipinski definition) is 2. The second-order valence-electron chi connectivity index (χ2n) is 12.5. The molecule has 17 heteroatoms. The molecule has 1 aromatic rings. The van der Waals surface area contributed by atoms with Crippen molar-refractivity contribution in [3.8, 4) is 0 Å². The fraction of sp³-hybridized carbons (Fsp3) is 0.708. The van der Waals surface area contributed by atoms with Crippen LogP contribution in [0.5, 0.6) is 0 Å². The predicted octanol–water partition coefficient (Wildman–Crippen LogP) is 2.99. The fourth-order valence-electron chi connectivity index (χ4n) is 4.92. The molecule has 228 valence electrons. The molecule has 1 spiro atoms. The molecule has 2 N–H and O–H groups in total. The van der Waals surface area contributed by atoms with Crippen LogP contribution in [-0.2, 0) is 30.7 Å². The minimum Gasteiger partial charge on any atom is -0.444 e. The van der Waals surface area contributed by atoms with E-state index in [0.29, 0.717) is 17.9 Å². The summed E-state index contributed by atoms with van der Waals surface area (Å²) < 4.78 is 52.6. The Balaban J connectivity index is 1.51. The molecule has 3 heterocycles. The Labute approximate surface area is 237 Å². The highest BCUT2D eigenvalue weighted by atomic mass is 32.3. The minimum atomic E-state index is -4.88. The molecule has 1 saturated carbocycles. The second-order valence-corrected chi connectivity index (χ2v) is 13.5. The summed E-state index contributed by atoms with van der Waals surface area (Å²) in [5.41, 5.74) is -1.54. The molecule has 4 rings (SSSR count). The van der Waals surface area contributed by atoms with E-state index in [0.717, 1.165) is 17.9 Å². The van der Waals surface area contributed by atoms with Gasteiger partial charge in [-0.3, -0.25) is 9.87 Å². The first-order valence-corrected chi connectivity index (χ1v) is 14.4. The molecule has 2 bridgehead atoms. The lowest BCUT2D eigenvalue weighted by atomic mass is 9.84. The number of urea groups is 1. The highest BCUT2D eigenvalue weighted by Gasteiger charge is 2.64. The molecule has 1 aliphatic carbocycles. The van der Waals surface area contributed by atoms with Crippen LogP contribution in [-0.4, -0.2) is 88.0 Å². The number of nitrogens with one attached hydrogen (secondary N) is 1. The number of hydroxylamine groups is 2. The molecule has 2 saturated heterocycles. The van der Waals surface area contributed by atoms with Crippen LogP contribution in [0.15, 0.2) is 15.6 Å². The van der Waals surface area contributed by atoms with E-state index in [2.05, 4.69) is 19.7 Å². The van der Waals surface area contributed by atoms with Crippen molar-refractivity contribution in [1.29, 1.82) is 0 Å². The first kappa shape index (κ1) is 30.5. The Morgan fingerprint density at radius 2 is 1.85 bits per heavy atom. The number of amides is 4. The van der Waals surface area contributed by atoms with Gasteiger partial charge in [-0.05, 0) is 66.2 Å². The largest absolute Gasteiger partial charge is 0.444 e. The molecule has 41 heavy (non-hydrogen) atoms. The number of carbonyl (C=O) groups is 3. The number of carbonyl (C=O) groups excluding carboxylic acids is 3. The molecule has 16 nitrogen and oxygen atoms in total. The summed E-state index contributed by atoms with van der Waals surface area (Å²) in [5.74, 6) is 0.173. The van der Waals surface area contributed by atoms with E-state index in [9.17, 15) is 27.4 Å². The van der Waals surface area contributed by atoms with Crippen molar-refractivity contribution in [2.24, 2.45) is 10.4 Å². The third-order valence-electron chi connectivity index (χ3n) is 6.71. The molecule has 2 aliphatic heterocycles. The third-order valence-corrected chi connectivity index (χ3v) is 7.06. The maximum Gasteiger partial charge on any atom is 0.437 e. The van der Waals surface area contributed by atoms with Crippen molar-refractivity contribution in [3.63, 3.8) is 0 Å². The maximum absolute atomic E-state index is 13.0. The Morgan fingerprint density at radius 3 is 2.41 bits per heavy atom. The van der Waals surface area contributed by atoms with Gasteiger partial charge in [-0.1, -0.05) is 5.16 Å². The van der Waals surface area contributed by atoms with Crippen LogP contribution in [0.25, 0.3) is 0 Å². The van der Waals surface area contributed by atoms with E-state index in [1.807, 2.05) is 0 Å². The van der Waals surface area contributed by atoms with Gasteiger partial charge < -0.3 is 23.8 Å². The maximum atomic E-state index is 13.0. The monoisotopic (exact) mass is 600 g/mol. The Morgan fingerprint density at radius 1 is 1.22 bits per heavy atom. The summed E-state index contributed by atoms with van der Waals surface area (Å²) in [6, 6.07) is -0.100. The smallest absolute Gasteiger partial charge is 0.437 e. The fourth-order valence-corrected chi connectivity index (χ4v) is 5.29. The zero-order valence-corrected chi connectivity index (χ0v) is 24.8. The molecule has 0 aromatic carbocycles. The first-order valence-electron chi connectivity index (χ1n) is 13.0. The lowest BCUT2D eigenvalue weighted by molar-refractivity contribution is -0.0527. The predicted molar refractivity (Wildman–Crippen MR) is 140 cm³/mol. The summed E-state index contributed by atoms with van der Waals surface area (Å²) >= 11 is 0. The normalized spacial score (nSPS) is 22.1. The molecule has 2 atom stereocenters. The molecule has 3 aliphatic rings. The lowest BCUT2D eigenvalue weighted by Crippen LogP contribution is -2.44. The van der Waals surface area contributed by atoms with Gasteiger partial charge in [-0.15, -0.1) is 9.28 Å². The van der Waals surface area contributed by atoms with Crippen LogP contribution in [0.3, 0.4) is 0 Å². The highest BCUT2D eigenvalue weighted by Crippen LogP contribution is 2.61. The second kappa shape index (κ2) is 10.4. The quantitative estimate of drug-likeness (QED) is 0.285. The summed E-state index contributed by atoms with van der Waals surface area (Å²) in [6.45, 7) is 10.3. The average Bonchev–Trinajstić information content (AvgIpc) is 3.29. The summed E-state index contributed by atoms with van der Waals surface area (Å²) in [7, 11) is -3.33. The average molecular weight is 601 g/mol. The van der Waals surface area contributed by atoms with Crippen LogP contribution in [0.2, 0.25) is 0 Å². The summed E-state index contributed by atoms with van der Waals surface area (Å²) in [5, 5.41) is 7.34. The van der Waals surface area contributed by atoms with Crippen molar-refractivity contribution >= 4 is 34.6 Å². The highest BCUT2D eigenvalue weighted by molar-refractivity contribution is 7.80. The van der Waals surface area contributed by atoms with Crippen LogP contribution in [0.1, 0.15) is 78.3 Å². The van der Waals surface area contributed by atoms with Crippen molar-refractivity contribution in [2.75, 3.05) is 13.6 Å². The van der Waals surface area contributed by atoms with Gasteiger partial charge >= 0.3 is 28.6 Å². The number of fused-ring (bicyclic) bond motifs is 3. The van der Waals surface area contributed by atoms with Gasteiger partial charge in [0.15, 0.2) is 5.76 Å². The number of ether oxygens (including phenoxy) is 2. The van der Waals surface area contributed by atoms with E-state index in [1.54, 1.807) is 54.7 Å². The minimum absolute atomic E-state index is 0.0108. The zero-order valence-electron chi connectivity index (χ0n) is 24.0. The van der Waals surface area contributed by atoms with Gasteiger partial charge in [0.2, 0.25) is 5.96 Å². The summed E-state index contributed by atoms with van der Waals surface area (Å²) in [6.07, 6.45) is 0.260. The van der Waals surface area contributed by atoms with Gasteiger partial charge in [0.1, 0.15) is 16.9 Å². The number of rotatable bonds is 5. The number of nitrogens with zero attached hydrogens (tertiary/aromatic N) is 5. The van der Waals surface area contributed by atoms with Crippen molar-refractivity contribution < 1.29 is 45.6 Å². The molecular weight excluding hydrogens is 564 g/mol. The molecular formula is C24H36N6O10S. The van der Waals surface area contributed by atoms with E-state index >= 15 is 0 Å². The standard InChI is InChI=1S/C24H36N6O10S/c1-22(2,3)37-19(31)25-18(26-20(32)38-23(4,5)6)28(7)12-14-10-15(27-39-14)16-11-24(8-9-24)17-13-29(16)21(33)30(17)40-41(34,35)36/h10,16-17H,8-9,11-13H2,1-7H3,(H,34,35,36)(H,25,26,31,32)/t16-,17-/m0/s1. The van der Waals surface area contributed by atoms with E-state index in [4.69, 9.17) is 14.0 Å². The van der Waals surface area contributed by atoms with Crippen LogP contribution < -0.4 is 5.32 Å². The van der Waals surface area contributed by atoms with Crippen LogP contribution in [0.4, 0.5) is 14.4 Å². The molecule has 0 radical (unpaired) electrons. The van der Waals surface area contributed by atoms with Crippen LogP contribution in [0, 0.1) is 5.41 Å². The molecule has 0 unspecified atom stereocenters. The van der Waals surface area contributed by atoms with Gasteiger partial charge in [0.25, 0.3) is 0 Å². The lowest BCUT2D eigenvalue weighted by Gasteiger charge is -2.35. The van der Waals surface area contributed by atoms with Gasteiger partial charge in [-0.2, -0.15) is 13.5 Å². The molecule has 4 amide bonds. The van der Waals surface area contributed by atoms with Crippen LogP contribution >= 0.6 is 0 Å². The Hall–Kier alpha value is -3.44. The van der Waals surface area contributed by atoms with E-state index < -0.39 is 51.9 Å². The van der Waals surface area contributed by atoms with Gasteiger partial charge in [0.05, 0.1) is 18.6 Å². The third kappa shape index (κ3) is 7.45. The zero-order chi connectivity index (χ0) is 30.5. The number of aliphatic imine (C=N–C) groups is 1. The first-order chi connectivity index (χ1) is 18.8. The number of alkyl carbamates (subject to hydrolysis) is 1. The molecule has 1 aromatic heterocycles. The molecule has 3 fully saturated rings. The Kier molecular flexibility index (Phi) is 7.77. The number of aromatic nitrogens is 1. The summed E-state index contributed by atoms with van der Waals surface area (Å²) in [4.78, 5) is 44.6. The van der Waals surface area contributed by atoms with Crippen molar-refractivity contribution in [1.82, 2.24) is 25.3 Å². The topological polar surface area (TPSA) is 193 Å². The van der Waals surface area contributed by atoms with E-state index in [-0.39, 0.29) is 24.5 Å². The van der Waals surface area contributed by atoms with Gasteiger partial charge in [0, 0.05) is 19.7 Å². The number of piperidine rings is 1. The number of guanidine groups is 1. The Bertz CT molecular complexity index is 1340. The van der Waals surface area contributed by atoms with Crippen molar-refractivity contribution in [2.45, 2.75) is 90.6 Å².